The highest BCUT2D eigenvalue weighted by molar-refractivity contribution is 7.19. The molecule has 32 heavy (non-hydrogen) atoms. The Hall–Kier alpha value is -3.31. The number of carbonyl (C=O) groups excluding carboxylic acids is 1. The summed E-state index contributed by atoms with van der Waals surface area (Å²) in [5, 5.41) is 23.6. The molecule has 1 aliphatic rings. The third kappa shape index (κ3) is 5.29. The van der Waals surface area contributed by atoms with Crippen molar-refractivity contribution in [3.05, 3.63) is 48.2 Å². The Kier molecular flexibility index (Phi) is 7.07. The van der Waals surface area contributed by atoms with Crippen molar-refractivity contribution in [3.63, 3.8) is 0 Å². The van der Waals surface area contributed by atoms with Crippen molar-refractivity contribution < 1.29 is 14.3 Å². The number of nitrogens with zero attached hydrogens (tertiary/aromatic N) is 5. The van der Waals surface area contributed by atoms with Gasteiger partial charge in [-0.15, -0.1) is 15.3 Å². The molecule has 1 aliphatic heterocycles. The second-order valence-electron chi connectivity index (χ2n) is 7.17. The van der Waals surface area contributed by atoms with E-state index in [1.807, 2.05) is 37.3 Å². The molecule has 0 saturated carbocycles. The van der Waals surface area contributed by atoms with Crippen molar-refractivity contribution in [2.24, 2.45) is 0 Å². The van der Waals surface area contributed by atoms with Crippen molar-refractivity contribution in [2.75, 3.05) is 42.3 Å². The molecule has 1 fully saturated rings. The molecule has 3 heterocycles. The number of carbonyl (C=O) groups is 1. The van der Waals surface area contributed by atoms with Crippen LogP contribution >= 0.6 is 11.3 Å². The summed E-state index contributed by atoms with van der Waals surface area (Å²) < 4.78 is 10.9. The van der Waals surface area contributed by atoms with Crippen LogP contribution in [0.3, 0.4) is 0 Å². The van der Waals surface area contributed by atoms with Gasteiger partial charge in [0.25, 0.3) is 5.91 Å². The van der Waals surface area contributed by atoms with Gasteiger partial charge in [-0.25, -0.2) is 0 Å². The van der Waals surface area contributed by atoms with E-state index in [2.05, 4.69) is 35.9 Å². The molecular weight excluding hydrogens is 430 g/mol. The van der Waals surface area contributed by atoms with E-state index in [1.165, 1.54) is 11.3 Å². The fourth-order valence-corrected chi connectivity index (χ4v) is 4.24. The first-order valence-corrected chi connectivity index (χ1v) is 11.2. The third-order valence-corrected chi connectivity index (χ3v) is 5.79. The molecule has 168 valence electrons. The Morgan fingerprint density at radius 3 is 2.91 bits per heavy atom. The summed E-state index contributed by atoms with van der Waals surface area (Å²) in [6.07, 6.45) is 1.84. The highest BCUT2D eigenvalue weighted by Gasteiger charge is 2.26. The quantitative estimate of drug-likeness (QED) is 0.502. The number of hydrogen-bond donors (Lipinski definition) is 2. The summed E-state index contributed by atoms with van der Waals surface area (Å²) >= 11 is 1.29. The van der Waals surface area contributed by atoms with Gasteiger partial charge >= 0.3 is 0 Å². The summed E-state index contributed by atoms with van der Waals surface area (Å²) in [5.74, 6) is 1.22. The van der Waals surface area contributed by atoms with Crippen molar-refractivity contribution in [1.29, 1.82) is 0 Å². The Bertz CT molecular complexity index is 1030. The molecule has 1 amide bonds. The number of methoxy groups -OCH3 is 1. The predicted octanol–water partition coefficient (Wildman–Crippen LogP) is 2.74. The average Bonchev–Trinajstić information content (AvgIpc) is 3.48. The first-order valence-electron chi connectivity index (χ1n) is 10.4. The number of nitrogens with one attached hydrogen (secondary N) is 2. The fraction of sp³-hybridized carbons (Fsp3) is 0.381. The molecule has 0 unspecified atom stereocenters. The third-order valence-electron chi connectivity index (χ3n) is 5.02. The van der Waals surface area contributed by atoms with Gasteiger partial charge in [0, 0.05) is 31.9 Å². The van der Waals surface area contributed by atoms with Gasteiger partial charge in [-0.1, -0.05) is 23.5 Å². The Morgan fingerprint density at radius 1 is 1.25 bits per heavy atom. The number of rotatable bonds is 9. The lowest BCUT2D eigenvalue weighted by atomic mass is 10.1. The van der Waals surface area contributed by atoms with E-state index in [0.717, 1.165) is 25.3 Å². The molecule has 2 atom stereocenters. The molecule has 2 N–H and O–H groups in total. The van der Waals surface area contributed by atoms with E-state index in [-0.39, 0.29) is 11.9 Å². The van der Waals surface area contributed by atoms with Crippen LogP contribution in [-0.4, -0.2) is 59.1 Å². The number of ether oxygens (including phenoxy) is 2. The summed E-state index contributed by atoms with van der Waals surface area (Å²) in [6.45, 7) is 3.92. The monoisotopic (exact) mass is 455 g/mol. The first kappa shape index (κ1) is 21.9. The molecule has 4 rings (SSSR count). The van der Waals surface area contributed by atoms with Crippen molar-refractivity contribution in [3.8, 4) is 5.75 Å². The van der Waals surface area contributed by atoms with Crippen molar-refractivity contribution in [2.45, 2.75) is 25.5 Å². The van der Waals surface area contributed by atoms with Gasteiger partial charge in [-0.05, 0) is 43.2 Å². The zero-order chi connectivity index (χ0) is 22.3. The second kappa shape index (κ2) is 10.3. The minimum atomic E-state index is -0.772. The van der Waals surface area contributed by atoms with Crippen LogP contribution in [-0.2, 0) is 9.53 Å². The first-order chi connectivity index (χ1) is 15.7. The molecule has 3 aromatic rings. The lowest BCUT2D eigenvalue weighted by molar-refractivity contribution is -0.127. The molecular formula is C21H25N7O3S. The van der Waals surface area contributed by atoms with E-state index >= 15 is 0 Å². The summed E-state index contributed by atoms with van der Waals surface area (Å²) in [7, 11) is 1.58. The van der Waals surface area contributed by atoms with Crippen LogP contribution in [0.1, 0.15) is 25.0 Å². The van der Waals surface area contributed by atoms with Crippen molar-refractivity contribution >= 4 is 33.3 Å². The van der Waals surface area contributed by atoms with Gasteiger partial charge in [0.1, 0.15) is 5.75 Å². The number of hydrogen-bond acceptors (Lipinski definition) is 10. The molecule has 1 aromatic carbocycles. The summed E-state index contributed by atoms with van der Waals surface area (Å²) in [5.41, 5.74) is 0.710. The van der Waals surface area contributed by atoms with Crippen LogP contribution in [0.5, 0.6) is 5.75 Å². The van der Waals surface area contributed by atoms with E-state index in [4.69, 9.17) is 9.47 Å². The number of benzene rings is 1. The van der Waals surface area contributed by atoms with E-state index in [0.29, 0.717) is 28.2 Å². The summed E-state index contributed by atoms with van der Waals surface area (Å²) in [6, 6.07) is 11.3. The van der Waals surface area contributed by atoms with E-state index < -0.39 is 6.10 Å². The molecule has 0 radical (unpaired) electrons. The molecule has 2 aromatic heterocycles. The maximum absolute atomic E-state index is 12.9. The van der Waals surface area contributed by atoms with Crippen LogP contribution in [0, 0.1) is 0 Å². The Labute approximate surface area is 190 Å². The average molecular weight is 456 g/mol. The van der Waals surface area contributed by atoms with Crippen LogP contribution in [0.25, 0.3) is 0 Å². The van der Waals surface area contributed by atoms with Crippen LogP contribution in [0.15, 0.2) is 42.6 Å². The number of aromatic nitrogens is 4. The molecule has 11 heteroatoms. The molecule has 1 saturated heterocycles. The van der Waals surface area contributed by atoms with Gasteiger partial charge in [0.05, 0.1) is 7.11 Å². The Morgan fingerprint density at radius 2 is 2.12 bits per heavy atom. The van der Waals surface area contributed by atoms with Gasteiger partial charge < -0.3 is 19.7 Å². The minimum absolute atomic E-state index is 0.210. The molecule has 0 spiro atoms. The normalized spacial score (nSPS) is 16.6. The topological polar surface area (TPSA) is 114 Å². The smallest absolute Gasteiger partial charge is 0.259 e. The van der Waals surface area contributed by atoms with E-state index in [9.17, 15) is 4.79 Å². The number of anilines is 3. The van der Waals surface area contributed by atoms with Gasteiger partial charge in [-0.2, -0.15) is 5.10 Å². The van der Waals surface area contributed by atoms with Gasteiger partial charge in [0.15, 0.2) is 11.9 Å². The van der Waals surface area contributed by atoms with Crippen LogP contribution in [0.2, 0.25) is 0 Å². The predicted molar refractivity (Wildman–Crippen MR) is 122 cm³/mol. The van der Waals surface area contributed by atoms with Crippen molar-refractivity contribution in [1.82, 2.24) is 20.4 Å². The lowest BCUT2D eigenvalue weighted by Gasteiger charge is -2.17. The summed E-state index contributed by atoms with van der Waals surface area (Å²) in [4.78, 5) is 15.1. The SMILES string of the molecule is CCO[C@H](C(=O)Nc1nnc(N[C@@H]2CCN(c3cccnn3)C2)s1)c1cccc(OC)c1. The van der Waals surface area contributed by atoms with Crippen LogP contribution in [0.4, 0.5) is 16.1 Å². The highest BCUT2D eigenvalue weighted by atomic mass is 32.1. The van der Waals surface area contributed by atoms with E-state index in [1.54, 1.807) is 19.4 Å². The maximum atomic E-state index is 12.9. The zero-order valence-corrected chi connectivity index (χ0v) is 18.7. The minimum Gasteiger partial charge on any atom is -0.497 e. The molecule has 10 nitrogen and oxygen atoms in total. The Balaban J connectivity index is 1.36. The molecule has 0 aliphatic carbocycles. The standard InChI is InChI=1S/C21H25N7O3S/c1-3-31-18(14-6-4-7-16(12-14)30-2)19(29)24-21-27-26-20(32-21)23-15-9-11-28(13-15)17-8-5-10-22-25-17/h4-8,10,12,15,18H,3,9,11,13H2,1-2H3,(H,23,26)(H,24,27,29)/t15-,18+/m1/s1. The molecule has 0 bridgehead atoms. The number of amides is 1. The van der Waals surface area contributed by atoms with Crippen LogP contribution < -0.4 is 20.3 Å². The van der Waals surface area contributed by atoms with Gasteiger partial charge in [-0.3, -0.25) is 10.1 Å². The highest BCUT2D eigenvalue weighted by Crippen LogP contribution is 2.27. The largest absolute Gasteiger partial charge is 0.497 e. The zero-order valence-electron chi connectivity index (χ0n) is 17.9. The second-order valence-corrected chi connectivity index (χ2v) is 8.15. The van der Waals surface area contributed by atoms with Gasteiger partial charge in [0.2, 0.25) is 10.3 Å². The lowest BCUT2D eigenvalue weighted by Crippen LogP contribution is -2.26. The fourth-order valence-electron chi connectivity index (χ4n) is 3.52. The maximum Gasteiger partial charge on any atom is 0.259 e.